The van der Waals surface area contributed by atoms with Crippen LogP contribution in [0.3, 0.4) is 0 Å². The molecule has 1 heterocycles. The molecule has 0 N–H and O–H groups in total. The molecule has 0 spiro atoms. The van der Waals surface area contributed by atoms with E-state index in [1.807, 2.05) is 13.0 Å². The van der Waals surface area contributed by atoms with Gasteiger partial charge in [-0.05, 0) is 25.0 Å². The zero-order valence-electron chi connectivity index (χ0n) is 7.30. The fraction of sp³-hybridized carbons (Fsp3) is 0.444. The van der Waals surface area contributed by atoms with Crippen LogP contribution in [0.2, 0.25) is 5.15 Å². The van der Waals surface area contributed by atoms with E-state index in [-0.39, 0.29) is 0 Å². The predicted octanol–water partition coefficient (Wildman–Crippen LogP) is 2.70. The Bertz CT molecular complexity index is 263. The molecule has 1 aromatic heterocycles. The molecule has 2 nitrogen and oxygen atoms in total. The molecule has 0 fully saturated rings. The van der Waals surface area contributed by atoms with E-state index in [4.69, 9.17) is 16.3 Å². The average Bonchev–Trinajstić information content (AvgIpc) is 2.09. The lowest BCUT2D eigenvalue weighted by molar-refractivity contribution is 0.338. The van der Waals surface area contributed by atoms with Crippen molar-refractivity contribution in [2.45, 2.75) is 20.3 Å². The van der Waals surface area contributed by atoms with E-state index in [0.717, 1.165) is 12.0 Å². The number of aromatic nitrogens is 1. The van der Waals surface area contributed by atoms with Gasteiger partial charge in [0.1, 0.15) is 0 Å². The second-order valence-corrected chi connectivity index (χ2v) is 2.78. The number of rotatable bonds is 3. The van der Waals surface area contributed by atoms with E-state index in [0.29, 0.717) is 17.5 Å². The Hall–Kier alpha value is -0.760. The number of pyridine rings is 1. The van der Waals surface area contributed by atoms with Crippen LogP contribution in [0.4, 0.5) is 0 Å². The molecule has 0 bridgehead atoms. The lowest BCUT2D eigenvalue weighted by atomic mass is 10.2. The van der Waals surface area contributed by atoms with Gasteiger partial charge >= 0.3 is 0 Å². The van der Waals surface area contributed by atoms with Gasteiger partial charge in [-0.1, -0.05) is 18.5 Å². The highest BCUT2D eigenvalue weighted by Crippen LogP contribution is 2.22. The maximum atomic E-state index is 5.80. The Morgan fingerprint density at radius 1 is 1.50 bits per heavy atom. The van der Waals surface area contributed by atoms with Gasteiger partial charge in [-0.2, -0.15) is 0 Å². The summed E-state index contributed by atoms with van der Waals surface area (Å²) >= 11 is 5.80. The van der Waals surface area contributed by atoms with Crippen molar-refractivity contribution in [3.8, 4) is 5.75 Å². The van der Waals surface area contributed by atoms with Crippen molar-refractivity contribution in [1.29, 1.82) is 0 Å². The van der Waals surface area contributed by atoms with Crippen molar-refractivity contribution in [3.05, 3.63) is 23.0 Å². The van der Waals surface area contributed by atoms with E-state index in [1.54, 1.807) is 6.20 Å². The average molecular weight is 186 g/mol. The summed E-state index contributed by atoms with van der Waals surface area (Å²) in [4.78, 5) is 4.01. The molecule has 0 saturated carbocycles. The minimum atomic E-state index is 0.439. The van der Waals surface area contributed by atoms with Gasteiger partial charge in [0.25, 0.3) is 0 Å². The third-order valence-corrected chi connectivity index (χ3v) is 1.86. The summed E-state index contributed by atoms with van der Waals surface area (Å²) in [5.74, 6) is 0.679. The van der Waals surface area contributed by atoms with Crippen molar-refractivity contribution in [3.63, 3.8) is 0 Å². The molecule has 0 aromatic carbocycles. The molecule has 12 heavy (non-hydrogen) atoms. The van der Waals surface area contributed by atoms with Gasteiger partial charge in [-0.3, -0.25) is 0 Å². The van der Waals surface area contributed by atoms with E-state index in [9.17, 15) is 0 Å². The fourth-order valence-electron chi connectivity index (χ4n) is 0.918. The number of aryl methyl sites for hydroxylation is 1. The van der Waals surface area contributed by atoms with Gasteiger partial charge in [0, 0.05) is 6.20 Å². The molecule has 0 radical (unpaired) electrons. The van der Waals surface area contributed by atoms with Gasteiger partial charge in [0.15, 0.2) is 10.9 Å². The number of nitrogens with zero attached hydrogens (tertiary/aromatic N) is 1. The molecular weight excluding hydrogens is 174 g/mol. The van der Waals surface area contributed by atoms with Gasteiger partial charge in [0.2, 0.25) is 0 Å². The Morgan fingerprint density at radius 3 is 2.83 bits per heavy atom. The summed E-state index contributed by atoms with van der Waals surface area (Å²) in [5.41, 5.74) is 1.14. The van der Waals surface area contributed by atoms with Crippen molar-refractivity contribution < 1.29 is 4.74 Å². The van der Waals surface area contributed by atoms with Crippen molar-refractivity contribution in [1.82, 2.24) is 4.98 Å². The van der Waals surface area contributed by atoms with Crippen molar-refractivity contribution in [2.24, 2.45) is 0 Å². The summed E-state index contributed by atoms with van der Waals surface area (Å²) < 4.78 is 5.28. The van der Waals surface area contributed by atoms with Crippen LogP contribution in [0, 0.1) is 0 Å². The lowest BCUT2D eigenvalue weighted by Crippen LogP contribution is -1.95. The van der Waals surface area contributed by atoms with Crippen LogP contribution < -0.4 is 4.74 Å². The molecule has 0 aliphatic heterocycles. The van der Waals surface area contributed by atoms with Crippen LogP contribution >= 0.6 is 11.6 Å². The highest BCUT2D eigenvalue weighted by Gasteiger charge is 2.02. The molecule has 66 valence electrons. The smallest absolute Gasteiger partial charge is 0.171 e. The second-order valence-electron chi connectivity index (χ2n) is 2.42. The van der Waals surface area contributed by atoms with Crippen molar-refractivity contribution >= 4 is 11.6 Å². The normalized spacial score (nSPS) is 9.92. The van der Waals surface area contributed by atoms with Gasteiger partial charge in [0.05, 0.1) is 6.61 Å². The van der Waals surface area contributed by atoms with Crippen LogP contribution in [0.1, 0.15) is 19.4 Å². The lowest BCUT2D eigenvalue weighted by Gasteiger charge is -2.05. The number of halogens is 1. The first-order valence-corrected chi connectivity index (χ1v) is 4.43. The number of ether oxygens (including phenoxy) is 1. The molecule has 0 atom stereocenters. The minimum absolute atomic E-state index is 0.439. The summed E-state index contributed by atoms with van der Waals surface area (Å²) in [5, 5.41) is 0.439. The molecule has 1 rings (SSSR count). The van der Waals surface area contributed by atoms with E-state index in [1.165, 1.54) is 0 Å². The first kappa shape index (κ1) is 9.33. The second kappa shape index (κ2) is 4.31. The summed E-state index contributed by atoms with van der Waals surface area (Å²) in [6.07, 6.45) is 2.72. The number of hydrogen-bond donors (Lipinski definition) is 0. The van der Waals surface area contributed by atoms with Crippen LogP contribution in [0.5, 0.6) is 5.75 Å². The maximum Gasteiger partial charge on any atom is 0.171 e. The molecule has 0 aliphatic carbocycles. The molecule has 3 heteroatoms. The van der Waals surface area contributed by atoms with Crippen LogP contribution in [0.25, 0.3) is 0 Å². The quantitative estimate of drug-likeness (QED) is 0.676. The van der Waals surface area contributed by atoms with E-state index in [2.05, 4.69) is 11.9 Å². The highest BCUT2D eigenvalue weighted by molar-refractivity contribution is 6.30. The Balaban J connectivity index is 2.91. The first-order valence-electron chi connectivity index (χ1n) is 4.05. The van der Waals surface area contributed by atoms with Gasteiger partial charge in [-0.15, -0.1) is 0 Å². The summed E-state index contributed by atoms with van der Waals surface area (Å²) in [6.45, 7) is 4.62. The Morgan fingerprint density at radius 2 is 2.25 bits per heavy atom. The van der Waals surface area contributed by atoms with Gasteiger partial charge in [-0.25, -0.2) is 4.98 Å². The number of hydrogen-bond acceptors (Lipinski definition) is 2. The summed E-state index contributed by atoms with van der Waals surface area (Å²) in [6, 6.07) is 1.93. The monoisotopic (exact) mass is 185 g/mol. The zero-order valence-corrected chi connectivity index (χ0v) is 8.06. The maximum absolute atomic E-state index is 5.80. The largest absolute Gasteiger partial charge is 0.491 e. The van der Waals surface area contributed by atoms with Crippen LogP contribution in [-0.2, 0) is 6.42 Å². The standard InChI is InChI=1S/C9H12ClNO/c1-3-7-5-8(12-4-2)9(10)11-6-7/h5-6H,3-4H2,1-2H3. The molecule has 0 unspecified atom stereocenters. The fourth-order valence-corrected chi connectivity index (χ4v) is 1.08. The summed E-state index contributed by atoms with van der Waals surface area (Å²) in [7, 11) is 0. The Kier molecular flexibility index (Phi) is 3.35. The van der Waals surface area contributed by atoms with Crippen LogP contribution in [0.15, 0.2) is 12.3 Å². The minimum Gasteiger partial charge on any atom is -0.491 e. The van der Waals surface area contributed by atoms with Gasteiger partial charge < -0.3 is 4.74 Å². The molecule has 1 aromatic rings. The third-order valence-electron chi connectivity index (χ3n) is 1.57. The predicted molar refractivity (Wildman–Crippen MR) is 49.8 cm³/mol. The van der Waals surface area contributed by atoms with Crippen molar-refractivity contribution in [2.75, 3.05) is 6.61 Å². The topological polar surface area (TPSA) is 22.1 Å². The van der Waals surface area contributed by atoms with Crippen LogP contribution in [-0.4, -0.2) is 11.6 Å². The third kappa shape index (κ3) is 2.11. The highest BCUT2D eigenvalue weighted by atomic mass is 35.5. The molecule has 0 amide bonds. The molecular formula is C9H12ClNO. The molecule has 0 aliphatic rings. The zero-order chi connectivity index (χ0) is 8.97. The van der Waals surface area contributed by atoms with E-state index < -0.39 is 0 Å². The SMILES string of the molecule is CCOc1cc(CC)cnc1Cl. The molecule has 0 saturated heterocycles. The first-order chi connectivity index (χ1) is 5.77. The van der Waals surface area contributed by atoms with E-state index >= 15 is 0 Å². The Labute approximate surface area is 77.5 Å².